The SMILES string of the molecule is COc1cccc(CN(C(=O)CCCN(c2cccc(C(F)(F)F)c2)S(C)(=O)=O)[C@@H](Cc2ccccc2)C(=O)NC(C)C)c1. The molecular weight excluding hydrogens is 595 g/mol. The van der Waals surface area contributed by atoms with Crippen molar-refractivity contribution in [2.45, 2.75) is 57.9 Å². The number of nitrogens with zero attached hydrogens (tertiary/aromatic N) is 2. The molecule has 0 bridgehead atoms. The molecule has 0 unspecified atom stereocenters. The maximum absolute atomic E-state index is 13.9. The Balaban J connectivity index is 1.91. The van der Waals surface area contributed by atoms with Crippen molar-refractivity contribution in [1.29, 1.82) is 0 Å². The van der Waals surface area contributed by atoms with E-state index in [0.29, 0.717) is 5.75 Å². The molecule has 1 N–H and O–H groups in total. The third-order valence-corrected chi connectivity index (χ3v) is 8.00. The van der Waals surface area contributed by atoms with Crippen LogP contribution in [0.2, 0.25) is 0 Å². The Kier molecular flexibility index (Phi) is 11.8. The van der Waals surface area contributed by atoms with Crippen LogP contribution in [0.5, 0.6) is 5.75 Å². The van der Waals surface area contributed by atoms with Crippen LogP contribution in [0.15, 0.2) is 78.9 Å². The Morgan fingerprint density at radius 1 is 0.932 bits per heavy atom. The molecule has 2 amide bonds. The van der Waals surface area contributed by atoms with Gasteiger partial charge in [-0.05, 0) is 61.7 Å². The third-order valence-electron chi connectivity index (χ3n) is 6.80. The zero-order chi connectivity index (χ0) is 32.5. The summed E-state index contributed by atoms with van der Waals surface area (Å²) in [4.78, 5) is 28.9. The summed E-state index contributed by atoms with van der Waals surface area (Å²) in [6.45, 7) is 3.47. The number of alkyl halides is 3. The van der Waals surface area contributed by atoms with Crippen LogP contribution < -0.4 is 14.4 Å². The van der Waals surface area contributed by atoms with Gasteiger partial charge in [0, 0.05) is 32.0 Å². The van der Waals surface area contributed by atoms with Gasteiger partial charge < -0.3 is 15.0 Å². The average Bonchev–Trinajstić information content (AvgIpc) is 2.96. The second-order valence-corrected chi connectivity index (χ2v) is 12.6. The Morgan fingerprint density at radius 3 is 2.20 bits per heavy atom. The summed E-state index contributed by atoms with van der Waals surface area (Å²) in [5, 5.41) is 2.90. The van der Waals surface area contributed by atoms with E-state index in [4.69, 9.17) is 4.74 Å². The van der Waals surface area contributed by atoms with Gasteiger partial charge in [0.2, 0.25) is 21.8 Å². The van der Waals surface area contributed by atoms with Gasteiger partial charge in [-0.3, -0.25) is 13.9 Å². The van der Waals surface area contributed by atoms with Crippen molar-refractivity contribution in [2.24, 2.45) is 0 Å². The van der Waals surface area contributed by atoms with Crippen LogP contribution in [-0.2, 0) is 38.8 Å². The molecule has 238 valence electrons. The van der Waals surface area contributed by atoms with Gasteiger partial charge in [-0.1, -0.05) is 48.5 Å². The molecular formula is C32H38F3N3O5S. The molecule has 0 heterocycles. The highest BCUT2D eigenvalue weighted by molar-refractivity contribution is 7.92. The monoisotopic (exact) mass is 633 g/mol. The number of hydrogen-bond donors (Lipinski definition) is 1. The van der Waals surface area contributed by atoms with Gasteiger partial charge in [0.25, 0.3) is 0 Å². The first-order chi connectivity index (χ1) is 20.7. The summed E-state index contributed by atoms with van der Waals surface area (Å²) >= 11 is 0. The first-order valence-corrected chi connectivity index (χ1v) is 16.0. The number of ether oxygens (including phenoxy) is 1. The normalized spacial score (nSPS) is 12.5. The number of carbonyl (C=O) groups excluding carboxylic acids is 2. The quantitative estimate of drug-likeness (QED) is 0.256. The largest absolute Gasteiger partial charge is 0.497 e. The van der Waals surface area contributed by atoms with Crippen LogP contribution in [0.4, 0.5) is 18.9 Å². The second kappa shape index (κ2) is 15.1. The highest BCUT2D eigenvalue weighted by atomic mass is 32.2. The van der Waals surface area contributed by atoms with Crippen molar-refractivity contribution in [3.63, 3.8) is 0 Å². The molecule has 0 aliphatic carbocycles. The Morgan fingerprint density at radius 2 is 1.59 bits per heavy atom. The minimum absolute atomic E-state index is 0.000611. The first kappa shape index (κ1) is 34.4. The lowest BCUT2D eigenvalue weighted by atomic mass is 10.0. The molecule has 0 saturated heterocycles. The first-order valence-electron chi connectivity index (χ1n) is 14.1. The van der Waals surface area contributed by atoms with E-state index in [2.05, 4.69) is 5.32 Å². The van der Waals surface area contributed by atoms with E-state index in [1.165, 1.54) is 18.1 Å². The van der Waals surface area contributed by atoms with Crippen molar-refractivity contribution in [1.82, 2.24) is 10.2 Å². The van der Waals surface area contributed by atoms with E-state index < -0.39 is 33.7 Å². The van der Waals surface area contributed by atoms with Crippen LogP contribution in [0.1, 0.15) is 43.4 Å². The van der Waals surface area contributed by atoms with Crippen molar-refractivity contribution in [3.05, 3.63) is 95.6 Å². The summed E-state index contributed by atoms with van der Waals surface area (Å²) < 4.78 is 71.3. The number of amides is 2. The molecule has 0 spiro atoms. The lowest BCUT2D eigenvalue weighted by Gasteiger charge is -2.32. The number of methoxy groups -OCH3 is 1. The molecule has 12 heteroatoms. The molecule has 0 radical (unpaired) electrons. The molecule has 0 aliphatic heterocycles. The van der Waals surface area contributed by atoms with Crippen molar-refractivity contribution < 1.29 is 35.9 Å². The van der Waals surface area contributed by atoms with Crippen LogP contribution in [-0.4, -0.2) is 57.1 Å². The maximum Gasteiger partial charge on any atom is 0.416 e. The zero-order valence-corrected chi connectivity index (χ0v) is 26.0. The fourth-order valence-electron chi connectivity index (χ4n) is 4.74. The molecule has 1 atom stereocenters. The fourth-order valence-corrected chi connectivity index (χ4v) is 5.70. The summed E-state index contributed by atoms with van der Waals surface area (Å²) in [5.74, 6) is -0.182. The summed E-state index contributed by atoms with van der Waals surface area (Å²) in [5.41, 5.74) is 0.424. The number of benzene rings is 3. The van der Waals surface area contributed by atoms with Gasteiger partial charge in [-0.25, -0.2) is 8.42 Å². The van der Waals surface area contributed by atoms with E-state index in [-0.39, 0.29) is 50.0 Å². The van der Waals surface area contributed by atoms with Crippen LogP contribution in [0.3, 0.4) is 0 Å². The van der Waals surface area contributed by atoms with Crippen molar-refractivity contribution in [3.8, 4) is 5.75 Å². The molecule has 3 rings (SSSR count). The predicted octanol–water partition coefficient (Wildman–Crippen LogP) is 5.42. The molecule has 3 aromatic carbocycles. The number of halogens is 3. The zero-order valence-electron chi connectivity index (χ0n) is 25.2. The van der Waals surface area contributed by atoms with E-state index in [1.54, 1.807) is 18.2 Å². The lowest BCUT2D eigenvalue weighted by Crippen LogP contribution is -2.51. The number of nitrogens with one attached hydrogen (secondary N) is 1. The molecule has 0 saturated carbocycles. The van der Waals surface area contributed by atoms with Crippen molar-refractivity contribution in [2.75, 3.05) is 24.2 Å². The van der Waals surface area contributed by atoms with Gasteiger partial charge in [0.15, 0.2) is 0 Å². The molecule has 0 aromatic heterocycles. The predicted molar refractivity (Wildman–Crippen MR) is 164 cm³/mol. The summed E-state index contributed by atoms with van der Waals surface area (Å²) in [7, 11) is -2.45. The highest BCUT2D eigenvalue weighted by Gasteiger charge is 2.33. The van der Waals surface area contributed by atoms with E-state index in [9.17, 15) is 31.2 Å². The highest BCUT2D eigenvalue weighted by Crippen LogP contribution is 2.32. The molecule has 0 fully saturated rings. The number of anilines is 1. The van der Waals surface area contributed by atoms with E-state index >= 15 is 0 Å². The molecule has 44 heavy (non-hydrogen) atoms. The van der Waals surface area contributed by atoms with Gasteiger partial charge in [0.1, 0.15) is 11.8 Å². The summed E-state index contributed by atoms with van der Waals surface area (Å²) in [6, 6.07) is 19.3. The Hall–Kier alpha value is -4.06. The van der Waals surface area contributed by atoms with Gasteiger partial charge in [-0.15, -0.1) is 0 Å². The number of sulfonamides is 1. The summed E-state index contributed by atoms with van der Waals surface area (Å²) in [6.07, 6.45) is -3.68. The molecule has 3 aromatic rings. The number of rotatable bonds is 14. The Bertz CT molecular complexity index is 1510. The Labute approximate surface area is 256 Å². The number of carbonyl (C=O) groups is 2. The van der Waals surface area contributed by atoms with Gasteiger partial charge in [0.05, 0.1) is 24.6 Å². The van der Waals surface area contributed by atoms with E-state index in [1.807, 2.05) is 50.2 Å². The molecule has 8 nitrogen and oxygen atoms in total. The fraction of sp³-hybridized carbons (Fsp3) is 0.375. The minimum atomic E-state index is -4.65. The third kappa shape index (κ3) is 10.0. The average molecular weight is 634 g/mol. The van der Waals surface area contributed by atoms with Crippen molar-refractivity contribution >= 4 is 27.5 Å². The smallest absolute Gasteiger partial charge is 0.416 e. The molecule has 0 aliphatic rings. The number of hydrogen-bond acceptors (Lipinski definition) is 5. The van der Waals surface area contributed by atoms with Crippen LogP contribution in [0.25, 0.3) is 0 Å². The van der Waals surface area contributed by atoms with Crippen LogP contribution in [0, 0.1) is 0 Å². The maximum atomic E-state index is 13.9. The van der Waals surface area contributed by atoms with E-state index in [0.717, 1.165) is 39.9 Å². The van der Waals surface area contributed by atoms with Gasteiger partial charge >= 0.3 is 6.18 Å². The standard InChI is InChI=1S/C32H38F3N3O5S/c1-23(2)36-31(40)29(20-24-11-6-5-7-12-24)37(22-25-13-8-16-28(19-25)43-3)30(39)17-10-18-38(44(4,41)42)27-15-9-14-26(21-27)32(33,34)35/h5-9,11-16,19,21,23,29H,10,17-18,20,22H2,1-4H3,(H,36,40)/t29-/m0/s1. The lowest BCUT2D eigenvalue weighted by molar-refractivity contribution is -0.141. The van der Waals surface area contributed by atoms with Crippen LogP contribution >= 0.6 is 0 Å². The second-order valence-electron chi connectivity index (χ2n) is 10.7. The van der Waals surface area contributed by atoms with Gasteiger partial charge in [-0.2, -0.15) is 13.2 Å². The minimum Gasteiger partial charge on any atom is -0.497 e. The topological polar surface area (TPSA) is 96.0 Å².